The second-order valence-electron chi connectivity index (χ2n) is 4.68. The summed E-state index contributed by atoms with van der Waals surface area (Å²) in [6, 6.07) is 3.36. The number of nitrogens with two attached hydrogens (primary N) is 1. The van der Waals surface area contributed by atoms with Gasteiger partial charge in [0.15, 0.2) is 0 Å². The van der Waals surface area contributed by atoms with Crippen LogP contribution in [0.3, 0.4) is 0 Å². The molecule has 0 amide bonds. The quantitative estimate of drug-likeness (QED) is 0.833. The number of rotatable bonds is 4. The topological polar surface area (TPSA) is 50.5 Å². The van der Waals surface area contributed by atoms with E-state index >= 15 is 0 Å². The Bertz CT molecular complexity index is 445. The Labute approximate surface area is 115 Å². The van der Waals surface area contributed by atoms with Crippen LogP contribution in [0, 0.1) is 0 Å². The molecule has 0 aliphatic carbocycles. The van der Waals surface area contributed by atoms with Crippen molar-refractivity contribution in [3.05, 3.63) is 23.8 Å². The van der Waals surface area contributed by atoms with Gasteiger partial charge in [-0.05, 0) is 18.2 Å². The monoisotopic (exact) mass is 289 g/mol. The predicted octanol–water partition coefficient (Wildman–Crippen LogP) is 2.03. The van der Waals surface area contributed by atoms with Gasteiger partial charge >= 0.3 is 6.18 Å². The van der Waals surface area contributed by atoms with E-state index in [2.05, 4.69) is 10.2 Å². The Kier molecular flexibility index (Phi) is 4.72. The Morgan fingerprint density at radius 3 is 2.55 bits per heavy atom. The molecule has 1 aromatic carbocycles. The minimum atomic E-state index is -4.36. The first-order chi connectivity index (χ1) is 9.47. The van der Waals surface area contributed by atoms with Crippen LogP contribution in [0.2, 0.25) is 0 Å². The van der Waals surface area contributed by atoms with Gasteiger partial charge in [0.25, 0.3) is 0 Å². The van der Waals surface area contributed by atoms with Crippen LogP contribution < -0.4 is 11.1 Å². The highest BCUT2D eigenvalue weighted by atomic mass is 19.4. The van der Waals surface area contributed by atoms with Crippen LogP contribution >= 0.6 is 0 Å². The van der Waals surface area contributed by atoms with Crippen LogP contribution in [-0.2, 0) is 10.9 Å². The number of nitrogen functional groups attached to an aromatic ring is 1. The van der Waals surface area contributed by atoms with Gasteiger partial charge in [0.2, 0.25) is 0 Å². The molecule has 1 aliphatic rings. The van der Waals surface area contributed by atoms with Gasteiger partial charge in [-0.15, -0.1) is 0 Å². The number of nitrogens with zero attached hydrogens (tertiary/aromatic N) is 1. The highest BCUT2D eigenvalue weighted by Gasteiger charge is 2.30. The molecule has 2 rings (SSSR count). The first-order valence-electron chi connectivity index (χ1n) is 6.47. The largest absolute Gasteiger partial charge is 0.416 e. The number of hydrogen-bond donors (Lipinski definition) is 2. The van der Waals surface area contributed by atoms with E-state index in [0.29, 0.717) is 12.2 Å². The number of hydrogen-bond acceptors (Lipinski definition) is 4. The fraction of sp³-hybridized carbons (Fsp3) is 0.538. The molecule has 0 saturated carbocycles. The average molecular weight is 289 g/mol. The maximum atomic E-state index is 12.5. The number of benzene rings is 1. The number of morpholine rings is 1. The minimum absolute atomic E-state index is 0.113. The molecule has 1 heterocycles. The Hall–Kier alpha value is -1.47. The first-order valence-corrected chi connectivity index (χ1v) is 6.47. The molecule has 0 bridgehead atoms. The number of ether oxygens (including phenoxy) is 1. The lowest BCUT2D eigenvalue weighted by Crippen LogP contribution is -2.39. The molecule has 7 heteroatoms. The molecule has 1 aliphatic heterocycles. The van der Waals surface area contributed by atoms with Crippen molar-refractivity contribution < 1.29 is 17.9 Å². The van der Waals surface area contributed by atoms with Crippen LogP contribution in [0.25, 0.3) is 0 Å². The molecule has 1 saturated heterocycles. The highest BCUT2D eigenvalue weighted by Crippen LogP contribution is 2.32. The van der Waals surface area contributed by atoms with Crippen molar-refractivity contribution in [1.82, 2.24) is 4.90 Å². The average Bonchev–Trinajstić information content (AvgIpc) is 2.40. The van der Waals surface area contributed by atoms with Crippen LogP contribution in [0.4, 0.5) is 24.5 Å². The lowest BCUT2D eigenvalue weighted by atomic mass is 10.1. The van der Waals surface area contributed by atoms with Crippen LogP contribution in [0.5, 0.6) is 0 Å². The molecule has 1 fully saturated rings. The fourth-order valence-electron chi connectivity index (χ4n) is 2.07. The summed E-state index contributed by atoms with van der Waals surface area (Å²) in [5.74, 6) is 0. The maximum Gasteiger partial charge on any atom is 0.416 e. The van der Waals surface area contributed by atoms with Crippen molar-refractivity contribution in [3.63, 3.8) is 0 Å². The lowest BCUT2D eigenvalue weighted by Gasteiger charge is -2.26. The predicted molar refractivity (Wildman–Crippen MR) is 71.6 cm³/mol. The molecule has 0 atom stereocenters. The van der Waals surface area contributed by atoms with E-state index in [1.807, 2.05) is 0 Å². The van der Waals surface area contributed by atoms with E-state index in [1.54, 1.807) is 0 Å². The van der Waals surface area contributed by atoms with Crippen molar-refractivity contribution in [2.24, 2.45) is 0 Å². The zero-order valence-electron chi connectivity index (χ0n) is 11.0. The summed E-state index contributed by atoms with van der Waals surface area (Å²) < 4.78 is 42.7. The molecule has 3 N–H and O–H groups in total. The number of halogens is 3. The molecule has 112 valence electrons. The molecule has 0 spiro atoms. The maximum absolute atomic E-state index is 12.5. The SMILES string of the molecule is Nc1cc(C(F)(F)F)ccc1NCCN1CCOCC1. The summed E-state index contributed by atoms with van der Waals surface area (Å²) in [4.78, 5) is 2.23. The Balaban J connectivity index is 1.86. The molecule has 4 nitrogen and oxygen atoms in total. The molecule has 0 radical (unpaired) electrons. The van der Waals surface area contributed by atoms with Crippen molar-refractivity contribution in [2.75, 3.05) is 50.4 Å². The summed E-state index contributed by atoms with van der Waals surface area (Å²) in [5.41, 5.74) is 5.56. The summed E-state index contributed by atoms with van der Waals surface area (Å²) >= 11 is 0. The number of anilines is 2. The van der Waals surface area contributed by atoms with Gasteiger partial charge in [-0.25, -0.2) is 0 Å². The summed E-state index contributed by atoms with van der Waals surface area (Å²) in [6.45, 7) is 4.65. The number of alkyl halides is 3. The molecule has 0 unspecified atom stereocenters. The standard InChI is InChI=1S/C13H18F3N3O/c14-13(15,16)10-1-2-12(11(17)9-10)18-3-4-19-5-7-20-8-6-19/h1-2,9,18H,3-8,17H2. The van der Waals surface area contributed by atoms with Gasteiger partial charge in [-0.2, -0.15) is 13.2 Å². The van der Waals surface area contributed by atoms with Gasteiger partial charge in [-0.3, -0.25) is 4.90 Å². The van der Waals surface area contributed by atoms with E-state index < -0.39 is 11.7 Å². The second-order valence-corrected chi connectivity index (χ2v) is 4.68. The van der Waals surface area contributed by atoms with Crippen molar-refractivity contribution in [1.29, 1.82) is 0 Å². The van der Waals surface area contributed by atoms with Gasteiger partial charge in [-0.1, -0.05) is 0 Å². The first kappa shape index (κ1) is 14.9. The van der Waals surface area contributed by atoms with Crippen LogP contribution in [0.1, 0.15) is 5.56 Å². The number of nitrogens with one attached hydrogen (secondary N) is 1. The molecule has 0 aromatic heterocycles. The summed E-state index contributed by atoms with van der Waals surface area (Å²) in [7, 11) is 0. The minimum Gasteiger partial charge on any atom is -0.397 e. The van der Waals surface area contributed by atoms with E-state index in [0.717, 1.165) is 45.0 Å². The fourth-order valence-corrected chi connectivity index (χ4v) is 2.07. The van der Waals surface area contributed by atoms with Crippen LogP contribution in [-0.4, -0.2) is 44.3 Å². The third kappa shape index (κ3) is 4.01. The smallest absolute Gasteiger partial charge is 0.397 e. The summed E-state index contributed by atoms with van der Waals surface area (Å²) in [6.07, 6.45) is -4.36. The Morgan fingerprint density at radius 1 is 1.25 bits per heavy atom. The molecular formula is C13H18F3N3O. The normalized spacial score (nSPS) is 17.1. The van der Waals surface area contributed by atoms with E-state index in [9.17, 15) is 13.2 Å². The third-order valence-corrected chi connectivity index (χ3v) is 3.23. The third-order valence-electron chi connectivity index (χ3n) is 3.23. The zero-order chi connectivity index (χ0) is 14.6. The van der Waals surface area contributed by atoms with E-state index in [4.69, 9.17) is 10.5 Å². The van der Waals surface area contributed by atoms with Gasteiger partial charge in [0.1, 0.15) is 0 Å². The van der Waals surface area contributed by atoms with E-state index in [-0.39, 0.29) is 5.69 Å². The van der Waals surface area contributed by atoms with Gasteiger partial charge in [0, 0.05) is 26.2 Å². The Morgan fingerprint density at radius 2 is 1.95 bits per heavy atom. The van der Waals surface area contributed by atoms with E-state index in [1.165, 1.54) is 6.07 Å². The second kappa shape index (κ2) is 6.32. The zero-order valence-corrected chi connectivity index (χ0v) is 11.0. The highest BCUT2D eigenvalue weighted by molar-refractivity contribution is 5.67. The summed E-state index contributed by atoms with van der Waals surface area (Å²) in [5, 5.41) is 3.06. The lowest BCUT2D eigenvalue weighted by molar-refractivity contribution is -0.137. The molecule has 20 heavy (non-hydrogen) atoms. The van der Waals surface area contributed by atoms with Crippen molar-refractivity contribution >= 4 is 11.4 Å². The van der Waals surface area contributed by atoms with Crippen molar-refractivity contribution in [2.45, 2.75) is 6.18 Å². The van der Waals surface area contributed by atoms with Gasteiger partial charge < -0.3 is 15.8 Å². The van der Waals surface area contributed by atoms with Gasteiger partial charge in [0.05, 0.1) is 30.2 Å². The van der Waals surface area contributed by atoms with Crippen LogP contribution in [0.15, 0.2) is 18.2 Å². The van der Waals surface area contributed by atoms with Crippen molar-refractivity contribution in [3.8, 4) is 0 Å². The molecular weight excluding hydrogens is 271 g/mol. The molecule has 1 aromatic rings.